The molecule has 27 heavy (non-hydrogen) atoms. The van der Waals surface area contributed by atoms with Gasteiger partial charge in [0.15, 0.2) is 0 Å². The average Bonchev–Trinajstić information content (AvgIpc) is 3.08. The summed E-state index contributed by atoms with van der Waals surface area (Å²) in [6, 6.07) is 7.88. The zero-order valence-electron chi connectivity index (χ0n) is 15.3. The summed E-state index contributed by atoms with van der Waals surface area (Å²) in [6.45, 7) is 5.06. The maximum absolute atomic E-state index is 13.2. The Hall–Kier alpha value is -2.00. The van der Waals surface area contributed by atoms with Crippen molar-refractivity contribution in [1.29, 1.82) is 0 Å². The van der Waals surface area contributed by atoms with Crippen LogP contribution in [0, 0.1) is 0 Å². The second kappa shape index (κ2) is 7.93. The minimum absolute atomic E-state index is 0.226. The zero-order chi connectivity index (χ0) is 18.8. The standard InChI is InChI=1S/C19H23N3O4S/c1-25-11-10-22-18(23)17-16(14-4-2-3-5-15(14)27-17)21(19(22)24)7-6-20-8-12-26-13-9-20/h2-5H,6-13H2,1H3. The van der Waals surface area contributed by atoms with Gasteiger partial charge in [0.05, 0.1) is 31.9 Å². The van der Waals surface area contributed by atoms with Gasteiger partial charge in [0.25, 0.3) is 5.56 Å². The van der Waals surface area contributed by atoms with Crippen molar-refractivity contribution in [2.45, 2.75) is 13.1 Å². The molecule has 2 aromatic heterocycles. The number of aromatic nitrogens is 2. The maximum atomic E-state index is 13.2. The topological polar surface area (TPSA) is 65.7 Å². The molecule has 3 aromatic rings. The molecule has 0 saturated carbocycles. The van der Waals surface area contributed by atoms with Crippen LogP contribution in [0.3, 0.4) is 0 Å². The van der Waals surface area contributed by atoms with E-state index in [0.717, 1.165) is 48.5 Å². The first-order valence-electron chi connectivity index (χ1n) is 9.14. The Kier molecular flexibility index (Phi) is 5.40. The van der Waals surface area contributed by atoms with Gasteiger partial charge in [-0.1, -0.05) is 18.2 Å². The average molecular weight is 389 g/mol. The smallest absolute Gasteiger partial charge is 0.331 e. The Bertz CT molecular complexity index is 1060. The van der Waals surface area contributed by atoms with Crippen molar-refractivity contribution in [2.24, 2.45) is 0 Å². The Morgan fingerprint density at radius 3 is 2.63 bits per heavy atom. The molecule has 144 valence electrons. The van der Waals surface area contributed by atoms with E-state index in [1.807, 2.05) is 24.3 Å². The van der Waals surface area contributed by atoms with Crippen LogP contribution in [0.4, 0.5) is 0 Å². The van der Waals surface area contributed by atoms with Gasteiger partial charge in [-0.25, -0.2) is 4.79 Å². The molecule has 0 spiro atoms. The van der Waals surface area contributed by atoms with Gasteiger partial charge < -0.3 is 9.47 Å². The monoisotopic (exact) mass is 389 g/mol. The summed E-state index contributed by atoms with van der Waals surface area (Å²) in [4.78, 5) is 28.4. The predicted molar refractivity (Wildman–Crippen MR) is 107 cm³/mol. The molecule has 1 saturated heterocycles. The molecular weight excluding hydrogens is 366 g/mol. The molecule has 0 bridgehead atoms. The van der Waals surface area contributed by atoms with E-state index in [-0.39, 0.29) is 17.8 Å². The number of nitrogens with zero attached hydrogens (tertiary/aromatic N) is 3. The van der Waals surface area contributed by atoms with Crippen LogP contribution < -0.4 is 11.2 Å². The summed E-state index contributed by atoms with van der Waals surface area (Å²) in [7, 11) is 1.57. The van der Waals surface area contributed by atoms with Crippen LogP contribution in [0.15, 0.2) is 33.9 Å². The lowest BCUT2D eigenvalue weighted by Crippen LogP contribution is -2.43. The molecule has 1 aliphatic heterocycles. The third-order valence-corrected chi connectivity index (χ3v) is 6.15. The zero-order valence-corrected chi connectivity index (χ0v) is 16.2. The number of thiophene rings is 1. The molecule has 1 aromatic carbocycles. The summed E-state index contributed by atoms with van der Waals surface area (Å²) in [5.41, 5.74) is 0.268. The lowest BCUT2D eigenvalue weighted by Gasteiger charge is -2.27. The molecule has 0 atom stereocenters. The van der Waals surface area contributed by atoms with Gasteiger partial charge in [0.2, 0.25) is 0 Å². The Balaban J connectivity index is 1.85. The van der Waals surface area contributed by atoms with Crippen LogP contribution in [-0.2, 0) is 22.6 Å². The van der Waals surface area contributed by atoms with Gasteiger partial charge in [-0.2, -0.15) is 0 Å². The normalized spacial score (nSPS) is 15.7. The van der Waals surface area contributed by atoms with Crippen LogP contribution in [0.2, 0.25) is 0 Å². The van der Waals surface area contributed by atoms with Gasteiger partial charge in [-0.3, -0.25) is 18.8 Å². The number of hydrogen-bond donors (Lipinski definition) is 0. The highest BCUT2D eigenvalue weighted by atomic mass is 32.1. The maximum Gasteiger partial charge on any atom is 0.331 e. The van der Waals surface area contributed by atoms with E-state index < -0.39 is 0 Å². The van der Waals surface area contributed by atoms with E-state index in [0.29, 0.717) is 17.9 Å². The van der Waals surface area contributed by atoms with E-state index in [1.54, 1.807) is 11.7 Å². The third-order valence-electron chi connectivity index (χ3n) is 5.00. The van der Waals surface area contributed by atoms with E-state index >= 15 is 0 Å². The van der Waals surface area contributed by atoms with Crippen molar-refractivity contribution >= 4 is 31.6 Å². The SMILES string of the molecule is COCCn1c(=O)c2sc3ccccc3c2n(CCN2CCOCC2)c1=O. The second-order valence-corrected chi connectivity index (χ2v) is 7.67. The van der Waals surface area contributed by atoms with Crippen molar-refractivity contribution in [3.8, 4) is 0 Å². The molecule has 0 radical (unpaired) electrons. The number of ether oxygens (including phenoxy) is 2. The fourth-order valence-electron chi connectivity index (χ4n) is 3.55. The lowest BCUT2D eigenvalue weighted by atomic mass is 10.2. The van der Waals surface area contributed by atoms with E-state index in [4.69, 9.17) is 9.47 Å². The molecule has 3 heterocycles. The largest absolute Gasteiger partial charge is 0.383 e. The van der Waals surface area contributed by atoms with Crippen molar-refractivity contribution in [3.63, 3.8) is 0 Å². The molecular formula is C19H23N3O4S. The minimum atomic E-state index is -0.263. The lowest BCUT2D eigenvalue weighted by molar-refractivity contribution is 0.0363. The van der Waals surface area contributed by atoms with E-state index in [2.05, 4.69) is 4.90 Å². The molecule has 4 rings (SSSR count). The Morgan fingerprint density at radius 1 is 1.07 bits per heavy atom. The van der Waals surface area contributed by atoms with Crippen molar-refractivity contribution in [1.82, 2.24) is 14.0 Å². The summed E-state index contributed by atoms with van der Waals surface area (Å²) < 4.78 is 15.2. The van der Waals surface area contributed by atoms with E-state index in [1.165, 1.54) is 15.9 Å². The first kappa shape index (κ1) is 18.4. The molecule has 0 aliphatic carbocycles. The Labute approximate surface area is 160 Å². The van der Waals surface area contributed by atoms with Crippen molar-refractivity contribution < 1.29 is 9.47 Å². The summed E-state index contributed by atoms with van der Waals surface area (Å²) in [6.07, 6.45) is 0. The highest BCUT2D eigenvalue weighted by Crippen LogP contribution is 2.30. The molecule has 0 amide bonds. The van der Waals surface area contributed by atoms with Gasteiger partial charge in [-0.05, 0) is 6.07 Å². The molecule has 0 unspecified atom stereocenters. The van der Waals surface area contributed by atoms with Crippen molar-refractivity contribution in [3.05, 3.63) is 45.1 Å². The van der Waals surface area contributed by atoms with Gasteiger partial charge in [-0.15, -0.1) is 11.3 Å². The fraction of sp³-hybridized carbons (Fsp3) is 0.474. The number of benzene rings is 1. The number of fused-ring (bicyclic) bond motifs is 3. The van der Waals surface area contributed by atoms with Crippen molar-refractivity contribution in [2.75, 3.05) is 46.6 Å². The summed E-state index contributed by atoms with van der Waals surface area (Å²) in [5, 5.41) is 0.965. The van der Waals surface area contributed by atoms with Crippen LogP contribution >= 0.6 is 11.3 Å². The molecule has 1 fully saturated rings. The van der Waals surface area contributed by atoms with Crippen LogP contribution in [0.5, 0.6) is 0 Å². The summed E-state index contributed by atoms with van der Waals surface area (Å²) >= 11 is 1.45. The third kappa shape index (κ3) is 3.45. The first-order chi connectivity index (χ1) is 13.2. The predicted octanol–water partition coefficient (Wildman–Crippen LogP) is 1.36. The second-order valence-electron chi connectivity index (χ2n) is 6.61. The number of methoxy groups -OCH3 is 1. The van der Waals surface area contributed by atoms with Crippen LogP contribution in [0.1, 0.15) is 0 Å². The number of morpholine rings is 1. The number of rotatable bonds is 6. The fourth-order valence-corrected chi connectivity index (χ4v) is 4.70. The van der Waals surface area contributed by atoms with Gasteiger partial charge in [0, 0.05) is 43.4 Å². The van der Waals surface area contributed by atoms with Crippen LogP contribution in [-0.4, -0.2) is 60.6 Å². The highest BCUT2D eigenvalue weighted by molar-refractivity contribution is 7.25. The molecule has 7 nitrogen and oxygen atoms in total. The van der Waals surface area contributed by atoms with Crippen LogP contribution in [0.25, 0.3) is 20.3 Å². The van der Waals surface area contributed by atoms with Gasteiger partial charge >= 0.3 is 5.69 Å². The summed E-state index contributed by atoms with van der Waals surface area (Å²) in [5.74, 6) is 0. The molecule has 1 aliphatic rings. The quantitative estimate of drug-likeness (QED) is 0.637. The Morgan fingerprint density at radius 2 is 1.85 bits per heavy atom. The van der Waals surface area contributed by atoms with E-state index in [9.17, 15) is 9.59 Å². The molecule has 8 heteroatoms. The molecule has 0 N–H and O–H groups in total. The van der Waals surface area contributed by atoms with Gasteiger partial charge in [0.1, 0.15) is 4.70 Å². The number of hydrogen-bond acceptors (Lipinski definition) is 6. The minimum Gasteiger partial charge on any atom is -0.383 e. The highest BCUT2D eigenvalue weighted by Gasteiger charge is 2.19. The first-order valence-corrected chi connectivity index (χ1v) is 9.96.